The fourth-order valence-electron chi connectivity index (χ4n) is 0.223. The third-order valence-electron chi connectivity index (χ3n) is 0.634. The number of aliphatic hydroxyl groups is 1. The normalized spacial score (nSPS) is 11.9. The van der Waals surface area contributed by atoms with Crippen molar-refractivity contribution in [2.75, 3.05) is 7.05 Å². The number of hydrogen-bond acceptors (Lipinski definition) is 3. The number of rotatable bonds is 2. The molecule has 0 rings (SSSR count). The maximum Gasteiger partial charge on any atom is 0.209 e. The lowest BCUT2D eigenvalue weighted by Crippen LogP contribution is -2.26. The van der Waals surface area contributed by atoms with E-state index in [0.717, 1.165) is 6.21 Å². The average Bonchev–Trinajstić information content (AvgIpc) is 1.87. The molecule has 0 amide bonds. The van der Waals surface area contributed by atoms with E-state index in [2.05, 4.69) is 22.1 Å². The Morgan fingerprint density at radius 3 is 2.80 bits per heavy atom. The quantitative estimate of drug-likeness (QED) is 0.212. The van der Waals surface area contributed by atoms with Crippen LogP contribution in [0.4, 0.5) is 0 Å². The summed E-state index contributed by atoms with van der Waals surface area (Å²) in [4.78, 5) is 3.54. The van der Waals surface area contributed by atoms with Crippen molar-refractivity contribution in [1.29, 1.82) is 0 Å². The largest absolute Gasteiger partial charge is 0.507 e. The summed E-state index contributed by atoms with van der Waals surface area (Å²) in [6.07, 6.45) is 1.12. The molecule has 10 heavy (non-hydrogen) atoms. The summed E-state index contributed by atoms with van der Waals surface area (Å²) in [6.45, 7) is 3.16. The number of hydrogen-bond donors (Lipinski definition) is 3. The van der Waals surface area contributed by atoms with E-state index in [1.807, 2.05) is 0 Å². The van der Waals surface area contributed by atoms with Gasteiger partial charge in [-0.25, -0.2) is 5.43 Å². The molecule has 0 fully saturated rings. The first-order valence-electron chi connectivity index (χ1n) is 2.56. The zero-order valence-electron chi connectivity index (χ0n) is 5.70. The molecule has 0 bridgehead atoms. The van der Waals surface area contributed by atoms with Crippen molar-refractivity contribution in [2.45, 2.75) is 0 Å². The molecule has 0 aromatic rings. The van der Waals surface area contributed by atoms with Crippen molar-refractivity contribution >= 4 is 12.2 Å². The first-order chi connectivity index (χ1) is 4.66. The lowest BCUT2D eigenvalue weighted by molar-refractivity contribution is 0.448. The summed E-state index contributed by atoms with van der Waals surface area (Å²) < 4.78 is 0. The van der Waals surface area contributed by atoms with Gasteiger partial charge in [0.1, 0.15) is 5.76 Å². The van der Waals surface area contributed by atoms with Crippen LogP contribution >= 0.6 is 0 Å². The molecule has 0 radical (unpaired) electrons. The Morgan fingerprint density at radius 2 is 2.40 bits per heavy atom. The molecule has 0 aromatic carbocycles. The molecule has 0 aromatic heterocycles. The van der Waals surface area contributed by atoms with E-state index in [0.29, 0.717) is 0 Å². The van der Waals surface area contributed by atoms with Crippen molar-refractivity contribution in [2.24, 2.45) is 15.8 Å². The smallest absolute Gasteiger partial charge is 0.209 e. The Bertz CT molecular complexity index is 172. The van der Waals surface area contributed by atoms with E-state index in [1.54, 1.807) is 0 Å². The second kappa shape index (κ2) is 4.37. The van der Waals surface area contributed by atoms with Gasteiger partial charge in [-0.1, -0.05) is 6.58 Å². The van der Waals surface area contributed by atoms with Crippen molar-refractivity contribution in [3.05, 3.63) is 12.3 Å². The molecule has 0 saturated heterocycles. The van der Waals surface area contributed by atoms with Gasteiger partial charge in [0.2, 0.25) is 5.96 Å². The van der Waals surface area contributed by atoms with Crippen LogP contribution in [0.5, 0.6) is 0 Å². The average molecular weight is 142 g/mol. The van der Waals surface area contributed by atoms with Gasteiger partial charge < -0.3 is 10.8 Å². The van der Waals surface area contributed by atoms with Gasteiger partial charge in [0.15, 0.2) is 0 Å². The second-order valence-corrected chi connectivity index (χ2v) is 1.47. The lowest BCUT2D eigenvalue weighted by atomic mass is 10.6. The summed E-state index contributed by atoms with van der Waals surface area (Å²) in [5, 5.41) is 11.9. The number of aliphatic imine (C=N–C) groups is 1. The SMILES string of the molecule is C=C(O)/C=N/NC(N)=NC. The predicted octanol–water partition coefficient (Wildman–Crippen LogP) is -0.422. The first kappa shape index (κ1) is 8.48. The van der Waals surface area contributed by atoms with Crippen molar-refractivity contribution < 1.29 is 5.11 Å². The summed E-state index contributed by atoms with van der Waals surface area (Å²) >= 11 is 0. The second-order valence-electron chi connectivity index (χ2n) is 1.47. The minimum Gasteiger partial charge on any atom is -0.507 e. The van der Waals surface area contributed by atoms with E-state index >= 15 is 0 Å². The molecule has 0 heterocycles. The number of allylic oxidation sites excluding steroid dienone is 1. The molecule has 0 spiro atoms. The van der Waals surface area contributed by atoms with Gasteiger partial charge in [0.25, 0.3) is 0 Å². The molecule has 0 aliphatic carbocycles. The van der Waals surface area contributed by atoms with Crippen LogP contribution in [0.25, 0.3) is 0 Å². The molecule has 0 saturated carbocycles. The lowest BCUT2D eigenvalue weighted by Gasteiger charge is -1.94. The van der Waals surface area contributed by atoms with Gasteiger partial charge in [-0.05, 0) is 0 Å². The summed E-state index contributed by atoms with van der Waals surface area (Å²) in [5.41, 5.74) is 7.51. The zero-order valence-corrected chi connectivity index (χ0v) is 5.70. The van der Waals surface area contributed by atoms with E-state index in [9.17, 15) is 0 Å². The van der Waals surface area contributed by atoms with Crippen LogP contribution in [-0.4, -0.2) is 24.3 Å². The number of aliphatic hydroxyl groups excluding tert-OH is 1. The van der Waals surface area contributed by atoms with Crippen LogP contribution < -0.4 is 11.2 Å². The van der Waals surface area contributed by atoms with Crippen molar-refractivity contribution in [3.63, 3.8) is 0 Å². The summed E-state index contributed by atoms with van der Waals surface area (Å²) in [5.74, 6) is 0.0360. The van der Waals surface area contributed by atoms with E-state index < -0.39 is 0 Å². The van der Waals surface area contributed by atoms with Gasteiger partial charge >= 0.3 is 0 Å². The van der Waals surface area contributed by atoms with Crippen LogP contribution in [-0.2, 0) is 0 Å². The molecule has 5 nitrogen and oxygen atoms in total. The minimum absolute atomic E-state index is 0.142. The van der Waals surface area contributed by atoms with Gasteiger partial charge in [-0.2, -0.15) is 5.10 Å². The highest BCUT2D eigenvalue weighted by Gasteiger charge is 1.81. The number of nitrogens with one attached hydrogen (secondary N) is 1. The molecule has 56 valence electrons. The van der Waals surface area contributed by atoms with Gasteiger partial charge in [-0.3, -0.25) is 4.99 Å². The molecule has 4 N–H and O–H groups in total. The molecule has 5 heteroatoms. The summed E-state index contributed by atoms with van der Waals surface area (Å²) in [6, 6.07) is 0. The highest BCUT2D eigenvalue weighted by atomic mass is 16.3. The number of nitrogens with zero attached hydrogens (tertiary/aromatic N) is 2. The highest BCUT2D eigenvalue weighted by Crippen LogP contribution is 1.70. The Morgan fingerprint density at radius 1 is 1.80 bits per heavy atom. The molecule has 0 unspecified atom stereocenters. The van der Waals surface area contributed by atoms with Gasteiger partial charge in [0.05, 0.1) is 6.21 Å². The van der Waals surface area contributed by atoms with Crippen LogP contribution in [0, 0.1) is 0 Å². The van der Waals surface area contributed by atoms with E-state index in [4.69, 9.17) is 10.8 Å². The van der Waals surface area contributed by atoms with Gasteiger partial charge in [0, 0.05) is 7.05 Å². The molecular formula is C5H10N4O. The Balaban J connectivity index is 3.64. The Labute approximate surface area is 59.0 Å². The standard InChI is InChI=1S/C5H10N4O/c1-4(10)3-8-9-5(6)7-2/h3,10H,1H2,2H3,(H3,6,7,9)/b8-3+. The molecule has 0 aliphatic rings. The third kappa shape index (κ3) is 4.63. The first-order valence-corrected chi connectivity index (χ1v) is 2.56. The summed E-state index contributed by atoms with van der Waals surface area (Å²) in [7, 11) is 1.52. The predicted molar refractivity (Wildman–Crippen MR) is 40.9 cm³/mol. The van der Waals surface area contributed by atoms with Crippen LogP contribution in [0.15, 0.2) is 22.4 Å². The Hall–Kier alpha value is -1.52. The minimum atomic E-state index is -0.142. The van der Waals surface area contributed by atoms with Crippen molar-refractivity contribution in [1.82, 2.24) is 5.43 Å². The number of hydrazone groups is 1. The topological polar surface area (TPSA) is 83.0 Å². The number of guanidine groups is 1. The maximum absolute atomic E-state index is 8.47. The van der Waals surface area contributed by atoms with Crippen LogP contribution in [0.1, 0.15) is 0 Å². The molecule has 0 atom stereocenters. The van der Waals surface area contributed by atoms with Crippen molar-refractivity contribution in [3.8, 4) is 0 Å². The number of nitrogens with two attached hydrogens (primary N) is 1. The van der Waals surface area contributed by atoms with Gasteiger partial charge in [-0.15, -0.1) is 0 Å². The fraction of sp³-hybridized carbons (Fsp3) is 0.200. The van der Waals surface area contributed by atoms with Crippen LogP contribution in [0.3, 0.4) is 0 Å². The Kier molecular flexibility index (Phi) is 3.70. The van der Waals surface area contributed by atoms with Crippen LogP contribution in [0.2, 0.25) is 0 Å². The van der Waals surface area contributed by atoms with E-state index in [1.165, 1.54) is 7.05 Å². The van der Waals surface area contributed by atoms with E-state index in [-0.39, 0.29) is 11.7 Å². The molecular weight excluding hydrogens is 132 g/mol. The monoisotopic (exact) mass is 142 g/mol. The zero-order chi connectivity index (χ0) is 7.98. The third-order valence-corrected chi connectivity index (χ3v) is 0.634. The molecule has 0 aliphatic heterocycles. The fourth-order valence-corrected chi connectivity index (χ4v) is 0.223. The maximum atomic E-state index is 8.47. The highest BCUT2D eigenvalue weighted by molar-refractivity contribution is 5.80.